The average Bonchev–Trinajstić information content (AvgIpc) is 2.35. The summed E-state index contributed by atoms with van der Waals surface area (Å²) in [7, 11) is 0. The molecule has 0 unspecified atom stereocenters. The van der Waals surface area contributed by atoms with Crippen molar-refractivity contribution in [2.24, 2.45) is 5.92 Å². The fraction of sp³-hybridized carbons (Fsp3) is 0.533. The predicted octanol–water partition coefficient (Wildman–Crippen LogP) is 2.63. The topological polar surface area (TPSA) is 41.1 Å². The van der Waals surface area contributed by atoms with Crippen LogP contribution in [0.25, 0.3) is 0 Å². The first-order valence-corrected chi connectivity index (χ1v) is 6.73. The Balaban J connectivity index is 1.94. The van der Waals surface area contributed by atoms with Gasteiger partial charge < -0.3 is 10.6 Å². The summed E-state index contributed by atoms with van der Waals surface area (Å²) < 4.78 is 0. The van der Waals surface area contributed by atoms with Gasteiger partial charge in [0.1, 0.15) is 0 Å². The van der Waals surface area contributed by atoms with E-state index in [1.807, 2.05) is 32.0 Å². The second-order valence-corrected chi connectivity index (χ2v) is 5.21. The molecule has 2 rings (SSSR count). The Bertz CT molecular complexity index is 402. The highest BCUT2D eigenvalue weighted by Crippen LogP contribution is 2.21. The van der Waals surface area contributed by atoms with Gasteiger partial charge in [-0.2, -0.15) is 0 Å². The number of piperidine rings is 1. The van der Waals surface area contributed by atoms with Gasteiger partial charge in [-0.25, -0.2) is 0 Å². The molecule has 0 saturated carbocycles. The van der Waals surface area contributed by atoms with Crippen molar-refractivity contribution in [2.45, 2.75) is 33.1 Å². The molecule has 1 aliphatic rings. The third kappa shape index (κ3) is 3.33. The Kier molecular flexibility index (Phi) is 4.37. The van der Waals surface area contributed by atoms with Gasteiger partial charge in [0.2, 0.25) is 5.91 Å². The van der Waals surface area contributed by atoms with Gasteiger partial charge in [-0.15, -0.1) is 0 Å². The first-order chi connectivity index (χ1) is 8.66. The zero-order chi connectivity index (χ0) is 13.0. The van der Waals surface area contributed by atoms with Crippen LogP contribution in [0.2, 0.25) is 0 Å². The maximum absolute atomic E-state index is 12.1. The van der Waals surface area contributed by atoms with Crippen molar-refractivity contribution in [1.29, 1.82) is 0 Å². The molecule has 0 atom stereocenters. The number of benzene rings is 1. The molecule has 1 saturated heterocycles. The number of aryl methyl sites for hydroxylation is 2. The second kappa shape index (κ2) is 6.01. The average molecular weight is 246 g/mol. The van der Waals surface area contributed by atoms with Crippen LogP contribution in [0, 0.1) is 19.8 Å². The maximum Gasteiger partial charge on any atom is 0.224 e. The minimum atomic E-state index is 0.152. The number of carbonyl (C=O) groups is 1. The summed E-state index contributed by atoms with van der Waals surface area (Å²) in [4.78, 5) is 12.1. The summed E-state index contributed by atoms with van der Waals surface area (Å²) in [6.07, 6.45) is 2.87. The maximum atomic E-state index is 12.1. The number of hydrogen-bond donors (Lipinski definition) is 2. The Morgan fingerprint density at radius 1 is 1.28 bits per heavy atom. The quantitative estimate of drug-likeness (QED) is 0.861. The van der Waals surface area contributed by atoms with E-state index in [0.717, 1.165) is 42.7 Å². The molecule has 1 aromatic carbocycles. The SMILES string of the molecule is Cc1cccc(C)c1NC(=O)CC1CCNCC1. The third-order valence-electron chi connectivity index (χ3n) is 3.68. The molecule has 0 bridgehead atoms. The molecule has 1 heterocycles. The number of rotatable bonds is 3. The molecule has 1 aliphatic heterocycles. The van der Waals surface area contributed by atoms with Crippen molar-refractivity contribution >= 4 is 11.6 Å². The van der Waals surface area contributed by atoms with Gasteiger partial charge >= 0.3 is 0 Å². The summed E-state index contributed by atoms with van der Waals surface area (Å²) in [6.45, 7) is 6.16. The fourth-order valence-electron chi connectivity index (χ4n) is 2.55. The highest BCUT2D eigenvalue weighted by molar-refractivity contribution is 5.92. The number of carbonyl (C=O) groups excluding carboxylic acids is 1. The van der Waals surface area contributed by atoms with E-state index in [4.69, 9.17) is 0 Å². The first-order valence-electron chi connectivity index (χ1n) is 6.73. The highest BCUT2D eigenvalue weighted by atomic mass is 16.1. The van der Waals surface area contributed by atoms with Crippen molar-refractivity contribution in [3.8, 4) is 0 Å². The number of nitrogens with one attached hydrogen (secondary N) is 2. The van der Waals surface area contributed by atoms with Gasteiger partial charge in [-0.1, -0.05) is 18.2 Å². The molecule has 0 aliphatic carbocycles. The number of para-hydroxylation sites is 1. The van der Waals surface area contributed by atoms with E-state index in [0.29, 0.717) is 12.3 Å². The Morgan fingerprint density at radius 3 is 2.50 bits per heavy atom. The van der Waals surface area contributed by atoms with Crippen molar-refractivity contribution < 1.29 is 4.79 Å². The van der Waals surface area contributed by atoms with Crippen LogP contribution in [0.1, 0.15) is 30.4 Å². The highest BCUT2D eigenvalue weighted by Gasteiger charge is 2.17. The lowest BCUT2D eigenvalue weighted by Crippen LogP contribution is -2.30. The first kappa shape index (κ1) is 13.1. The molecule has 3 heteroatoms. The normalized spacial score (nSPS) is 16.6. The van der Waals surface area contributed by atoms with Crippen LogP contribution >= 0.6 is 0 Å². The Labute approximate surface area is 109 Å². The minimum Gasteiger partial charge on any atom is -0.326 e. The molecule has 1 aromatic rings. The summed E-state index contributed by atoms with van der Waals surface area (Å²) in [5, 5.41) is 6.39. The molecule has 2 N–H and O–H groups in total. The van der Waals surface area contributed by atoms with E-state index in [1.165, 1.54) is 0 Å². The molecule has 18 heavy (non-hydrogen) atoms. The van der Waals surface area contributed by atoms with Gasteiger partial charge in [-0.3, -0.25) is 4.79 Å². The Morgan fingerprint density at radius 2 is 1.89 bits per heavy atom. The molecule has 1 fully saturated rings. The van der Waals surface area contributed by atoms with Crippen LogP contribution in [-0.2, 0) is 4.79 Å². The molecule has 0 spiro atoms. The van der Waals surface area contributed by atoms with Gasteiger partial charge in [0.25, 0.3) is 0 Å². The van der Waals surface area contributed by atoms with Gasteiger partial charge in [-0.05, 0) is 56.8 Å². The fourth-order valence-corrected chi connectivity index (χ4v) is 2.55. The smallest absolute Gasteiger partial charge is 0.224 e. The lowest BCUT2D eigenvalue weighted by molar-refractivity contribution is -0.117. The van der Waals surface area contributed by atoms with Crippen molar-refractivity contribution in [1.82, 2.24) is 5.32 Å². The van der Waals surface area contributed by atoms with E-state index in [2.05, 4.69) is 10.6 Å². The van der Waals surface area contributed by atoms with Crippen molar-refractivity contribution in [3.05, 3.63) is 29.3 Å². The molecular formula is C15H22N2O. The third-order valence-corrected chi connectivity index (χ3v) is 3.68. The zero-order valence-corrected chi connectivity index (χ0v) is 11.3. The van der Waals surface area contributed by atoms with E-state index < -0.39 is 0 Å². The van der Waals surface area contributed by atoms with Crippen LogP contribution in [0.4, 0.5) is 5.69 Å². The number of hydrogen-bond acceptors (Lipinski definition) is 2. The van der Waals surface area contributed by atoms with Crippen LogP contribution in [0.3, 0.4) is 0 Å². The second-order valence-electron chi connectivity index (χ2n) is 5.21. The summed E-state index contributed by atoms with van der Waals surface area (Å²) in [5.41, 5.74) is 3.25. The van der Waals surface area contributed by atoms with Crippen LogP contribution in [0.5, 0.6) is 0 Å². The van der Waals surface area contributed by atoms with E-state index in [9.17, 15) is 4.79 Å². The van der Waals surface area contributed by atoms with E-state index >= 15 is 0 Å². The summed E-state index contributed by atoms with van der Waals surface area (Å²) in [5.74, 6) is 0.690. The lowest BCUT2D eigenvalue weighted by atomic mass is 9.94. The lowest BCUT2D eigenvalue weighted by Gasteiger charge is -2.22. The predicted molar refractivity (Wildman–Crippen MR) is 74.8 cm³/mol. The monoisotopic (exact) mass is 246 g/mol. The van der Waals surface area contributed by atoms with Gasteiger partial charge in [0, 0.05) is 12.1 Å². The summed E-state index contributed by atoms with van der Waals surface area (Å²) >= 11 is 0. The van der Waals surface area contributed by atoms with Crippen LogP contribution in [-0.4, -0.2) is 19.0 Å². The van der Waals surface area contributed by atoms with Gasteiger partial charge in [0.15, 0.2) is 0 Å². The van der Waals surface area contributed by atoms with E-state index in [1.54, 1.807) is 0 Å². The van der Waals surface area contributed by atoms with Crippen molar-refractivity contribution in [3.63, 3.8) is 0 Å². The van der Waals surface area contributed by atoms with E-state index in [-0.39, 0.29) is 5.91 Å². The molecular weight excluding hydrogens is 224 g/mol. The number of anilines is 1. The molecule has 98 valence electrons. The largest absolute Gasteiger partial charge is 0.326 e. The van der Waals surface area contributed by atoms with Crippen LogP contribution in [0.15, 0.2) is 18.2 Å². The minimum absolute atomic E-state index is 0.152. The van der Waals surface area contributed by atoms with Crippen LogP contribution < -0.4 is 10.6 Å². The molecule has 1 amide bonds. The van der Waals surface area contributed by atoms with Crippen molar-refractivity contribution in [2.75, 3.05) is 18.4 Å². The molecule has 0 radical (unpaired) electrons. The molecule has 0 aromatic heterocycles. The van der Waals surface area contributed by atoms with Gasteiger partial charge in [0.05, 0.1) is 0 Å². The Hall–Kier alpha value is -1.35. The standard InChI is InChI=1S/C15H22N2O/c1-11-4-3-5-12(2)15(11)17-14(18)10-13-6-8-16-9-7-13/h3-5,13,16H,6-10H2,1-2H3,(H,17,18). The number of amides is 1. The summed E-state index contributed by atoms with van der Waals surface area (Å²) in [6, 6.07) is 6.09. The zero-order valence-electron chi connectivity index (χ0n) is 11.3. The molecule has 3 nitrogen and oxygen atoms in total.